The van der Waals surface area contributed by atoms with Gasteiger partial charge in [-0.15, -0.1) is 0 Å². The summed E-state index contributed by atoms with van der Waals surface area (Å²) in [6.07, 6.45) is 9.57. The number of para-hydroxylation sites is 2. The molecule has 1 aliphatic carbocycles. The summed E-state index contributed by atoms with van der Waals surface area (Å²) in [5, 5.41) is 15.0. The Kier molecular flexibility index (Phi) is 4.52. The topological polar surface area (TPSA) is 50.5 Å². The average molecular weight is 341 g/mol. The highest BCUT2D eigenvalue weighted by atomic mass is 16.5. The fourth-order valence-corrected chi connectivity index (χ4v) is 4.64. The molecule has 1 N–H and O–H groups in total. The third kappa shape index (κ3) is 3.18. The van der Waals surface area contributed by atoms with E-state index in [4.69, 9.17) is 4.74 Å². The SMILES string of the molecule is COc1ccccc1-n1cc(CN2CCC[C@]3(CCC[C@H]3O)C2)cn1. The van der Waals surface area contributed by atoms with Gasteiger partial charge in [0.25, 0.3) is 0 Å². The van der Waals surface area contributed by atoms with Gasteiger partial charge in [0.05, 0.1) is 19.4 Å². The van der Waals surface area contributed by atoms with Crippen molar-refractivity contribution in [2.45, 2.75) is 44.8 Å². The molecule has 2 atom stereocenters. The second-order valence-electron chi connectivity index (χ2n) is 7.55. The van der Waals surface area contributed by atoms with Gasteiger partial charge >= 0.3 is 0 Å². The van der Waals surface area contributed by atoms with Crippen LogP contribution >= 0.6 is 0 Å². The molecule has 0 bridgehead atoms. The number of methoxy groups -OCH3 is 1. The summed E-state index contributed by atoms with van der Waals surface area (Å²) in [6.45, 7) is 3.01. The summed E-state index contributed by atoms with van der Waals surface area (Å²) in [7, 11) is 1.68. The first-order valence-electron chi connectivity index (χ1n) is 9.28. The molecule has 1 saturated carbocycles. The summed E-state index contributed by atoms with van der Waals surface area (Å²) in [5.41, 5.74) is 2.30. The lowest BCUT2D eigenvalue weighted by molar-refractivity contribution is -0.0120. The molecule has 5 nitrogen and oxygen atoms in total. The molecule has 1 aliphatic heterocycles. The minimum absolute atomic E-state index is 0.119. The van der Waals surface area contributed by atoms with Crippen molar-refractivity contribution in [2.75, 3.05) is 20.2 Å². The van der Waals surface area contributed by atoms with Gasteiger partial charge in [-0.25, -0.2) is 4.68 Å². The third-order valence-corrected chi connectivity index (χ3v) is 5.92. The molecular formula is C20H27N3O2. The molecular weight excluding hydrogens is 314 g/mol. The Bertz CT molecular complexity index is 729. The maximum atomic E-state index is 10.4. The van der Waals surface area contributed by atoms with E-state index in [9.17, 15) is 5.11 Å². The second kappa shape index (κ2) is 6.81. The number of piperidine rings is 1. The molecule has 1 aromatic heterocycles. The molecule has 0 unspecified atom stereocenters. The smallest absolute Gasteiger partial charge is 0.144 e. The van der Waals surface area contributed by atoms with Crippen LogP contribution in [-0.2, 0) is 6.54 Å². The number of benzene rings is 1. The molecule has 5 heteroatoms. The van der Waals surface area contributed by atoms with Crippen molar-refractivity contribution in [3.8, 4) is 11.4 Å². The number of ether oxygens (including phenoxy) is 1. The quantitative estimate of drug-likeness (QED) is 0.929. The van der Waals surface area contributed by atoms with Crippen LogP contribution in [0.15, 0.2) is 36.7 Å². The van der Waals surface area contributed by atoms with Crippen molar-refractivity contribution in [3.63, 3.8) is 0 Å². The number of rotatable bonds is 4. The van der Waals surface area contributed by atoms with Crippen LogP contribution in [0.5, 0.6) is 5.75 Å². The lowest BCUT2D eigenvalue weighted by Gasteiger charge is -2.42. The summed E-state index contributed by atoms with van der Waals surface area (Å²) >= 11 is 0. The fourth-order valence-electron chi connectivity index (χ4n) is 4.64. The molecule has 134 valence electrons. The lowest BCUT2D eigenvalue weighted by atomic mass is 9.76. The van der Waals surface area contributed by atoms with Gasteiger partial charge in [-0.3, -0.25) is 4.90 Å². The Balaban J connectivity index is 1.48. The number of hydrogen-bond acceptors (Lipinski definition) is 4. The number of nitrogens with zero attached hydrogens (tertiary/aromatic N) is 3. The predicted octanol–water partition coefficient (Wildman–Crippen LogP) is 3.01. The van der Waals surface area contributed by atoms with Gasteiger partial charge in [0.2, 0.25) is 0 Å². The Morgan fingerprint density at radius 2 is 2.12 bits per heavy atom. The zero-order valence-electron chi connectivity index (χ0n) is 14.9. The second-order valence-corrected chi connectivity index (χ2v) is 7.55. The molecule has 25 heavy (non-hydrogen) atoms. The van der Waals surface area contributed by atoms with E-state index in [0.29, 0.717) is 0 Å². The monoisotopic (exact) mass is 341 g/mol. The Hall–Kier alpha value is -1.85. The van der Waals surface area contributed by atoms with Crippen LogP contribution in [0.25, 0.3) is 5.69 Å². The molecule has 2 aromatic rings. The highest BCUT2D eigenvalue weighted by Crippen LogP contribution is 2.45. The first-order valence-corrected chi connectivity index (χ1v) is 9.28. The van der Waals surface area contributed by atoms with Crippen LogP contribution in [0.3, 0.4) is 0 Å². The van der Waals surface area contributed by atoms with Gasteiger partial charge in [-0.2, -0.15) is 5.10 Å². The van der Waals surface area contributed by atoms with E-state index in [2.05, 4.69) is 16.2 Å². The van der Waals surface area contributed by atoms with Crippen LogP contribution in [0, 0.1) is 5.41 Å². The van der Waals surface area contributed by atoms with E-state index in [1.54, 1.807) is 7.11 Å². The molecule has 2 aliphatic rings. The van der Waals surface area contributed by atoms with Crippen LogP contribution in [-0.4, -0.2) is 46.1 Å². The van der Waals surface area contributed by atoms with Crippen molar-refractivity contribution in [3.05, 3.63) is 42.2 Å². The van der Waals surface area contributed by atoms with Crippen LogP contribution in [0.1, 0.15) is 37.7 Å². The Morgan fingerprint density at radius 3 is 2.92 bits per heavy atom. The van der Waals surface area contributed by atoms with E-state index in [1.165, 1.54) is 31.2 Å². The Labute approximate surface area is 149 Å². The maximum absolute atomic E-state index is 10.4. The predicted molar refractivity (Wildman–Crippen MR) is 96.9 cm³/mol. The number of aromatic nitrogens is 2. The summed E-state index contributed by atoms with van der Waals surface area (Å²) in [4.78, 5) is 2.49. The number of aliphatic hydroxyl groups excluding tert-OH is 1. The largest absolute Gasteiger partial charge is 0.494 e. The van der Waals surface area contributed by atoms with Gasteiger partial charge < -0.3 is 9.84 Å². The van der Waals surface area contributed by atoms with E-state index in [0.717, 1.165) is 37.5 Å². The highest BCUT2D eigenvalue weighted by molar-refractivity contribution is 5.46. The van der Waals surface area contributed by atoms with Crippen molar-refractivity contribution in [1.82, 2.24) is 14.7 Å². The minimum Gasteiger partial charge on any atom is -0.494 e. The highest BCUT2D eigenvalue weighted by Gasteiger charge is 2.44. The first-order chi connectivity index (χ1) is 12.2. The Morgan fingerprint density at radius 1 is 1.28 bits per heavy atom. The first kappa shape index (κ1) is 16.6. The number of hydrogen-bond donors (Lipinski definition) is 1. The van der Waals surface area contributed by atoms with Gasteiger partial charge in [-0.1, -0.05) is 18.6 Å². The fraction of sp³-hybridized carbons (Fsp3) is 0.550. The molecule has 4 rings (SSSR count). The average Bonchev–Trinajstić information content (AvgIpc) is 3.23. The summed E-state index contributed by atoms with van der Waals surface area (Å²) < 4.78 is 7.32. The van der Waals surface area contributed by atoms with Crippen LogP contribution in [0.2, 0.25) is 0 Å². The molecule has 0 amide bonds. The minimum atomic E-state index is -0.119. The van der Waals surface area contributed by atoms with Crippen molar-refractivity contribution in [1.29, 1.82) is 0 Å². The molecule has 1 aromatic carbocycles. The van der Waals surface area contributed by atoms with Crippen molar-refractivity contribution < 1.29 is 9.84 Å². The van der Waals surface area contributed by atoms with Crippen molar-refractivity contribution in [2.24, 2.45) is 5.41 Å². The van der Waals surface area contributed by atoms with E-state index in [-0.39, 0.29) is 11.5 Å². The van der Waals surface area contributed by atoms with Crippen molar-refractivity contribution >= 4 is 0 Å². The molecule has 2 heterocycles. The van der Waals surface area contributed by atoms with Crippen LogP contribution < -0.4 is 4.74 Å². The third-order valence-electron chi connectivity index (χ3n) is 5.92. The molecule has 2 fully saturated rings. The van der Waals surface area contributed by atoms with E-state index >= 15 is 0 Å². The standard InChI is InChI=1S/C20H27N3O2/c1-25-18-7-3-2-6-17(18)23-14-16(12-21-23)13-22-11-5-10-20(15-22)9-4-8-19(20)24/h2-3,6-7,12,14,19,24H,4-5,8-11,13,15H2,1H3/t19-,20-/m1/s1. The number of likely N-dealkylation sites (tertiary alicyclic amines) is 1. The summed E-state index contributed by atoms with van der Waals surface area (Å²) in [6, 6.07) is 7.93. The molecule has 1 spiro atoms. The van der Waals surface area contributed by atoms with Crippen LogP contribution in [0.4, 0.5) is 0 Å². The zero-order chi connectivity index (χ0) is 17.3. The van der Waals surface area contributed by atoms with E-state index < -0.39 is 0 Å². The zero-order valence-corrected chi connectivity index (χ0v) is 14.9. The summed E-state index contributed by atoms with van der Waals surface area (Å²) in [5.74, 6) is 0.822. The molecule has 0 radical (unpaired) electrons. The lowest BCUT2D eigenvalue weighted by Crippen LogP contribution is -2.46. The molecule has 1 saturated heterocycles. The van der Waals surface area contributed by atoms with E-state index in [1.807, 2.05) is 35.1 Å². The van der Waals surface area contributed by atoms with Gasteiger partial charge in [0.15, 0.2) is 0 Å². The van der Waals surface area contributed by atoms with Gasteiger partial charge in [-0.05, 0) is 44.4 Å². The van der Waals surface area contributed by atoms with Gasteiger partial charge in [0, 0.05) is 30.3 Å². The number of aliphatic hydroxyl groups is 1. The maximum Gasteiger partial charge on any atom is 0.144 e. The van der Waals surface area contributed by atoms with Gasteiger partial charge in [0.1, 0.15) is 11.4 Å². The normalized spacial score (nSPS) is 27.0.